The van der Waals surface area contributed by atoms with Gasteiger partial charge in [-0.05, 0) is 12.5 Å². The lowest BCUT2D eigenvalue weighted by Crippen LogP contribution is -2.24. The van der Waals surface area contributed by atoms with E-state index in [0.29, 0.717) is 0 Å². The minimum absolute atomic E-state index is 0.180. The maximum absolute atomic E-state index is 10.9. The molecule has 5 heteroatoms. The number of carbonyl (C=O) groups is 1. The van der Waals surface area contributed by atoms with Gasteiger partial charge in [0.25, 0.3) is 5.91 Å². The molecule has 1 amide bonds. The summed E-state index contributed by atoms with van der Waals surface area (Å²) in [6.07, 6.45) is 2.98. The minimum atomic E-state index is -0.565. The van der Waals surface area contributed by atoms with Crippen LogP contribution in [0.25, 0.3) is 0 Å². The Hall–Kier alpha value is -2.43. The smallest absolute Gasteiger partial charge is 0.268 e. The number of primary amides is 1. The molecular weight excluding hydrogens is 240 g/mol. The van der Waals surface area contributed by atoms with Crippen molar-refractivity contribution >= 4 is 11.7 Å². The van der Waals surface area contributed by atoms with Crippen molar-refractivity contribution < 1.29 is 4.79 Å². The summed E-state index contributed by atoms with van der Waals surface area (Å²) in [5.41, 5.74) is 6.52. The number of rotatable bonds is 5. The molecule has 98 valence electrons. The summed E-state index contributed by atoms with van der Waals surface area (Å²) in [5, 5.41) is 0. The van der Waals surface area contributed by atoms with Crippen LogP contribution in [0.4, 0.5) is 5.82 Å². The van der Waals surface area contributed by atoms with Gasteiger partial charge in [-0.2, -0.15) is 0 Å². The number of benzene rings is 1. The molecule has 0 aliphatic rings. The summed E-state index contributed by atoms with van der Waals surface area (Å²) in [6.45, 7) is 3.61. The van der Waals surface area contributed by atoms with E-state index in [1.807, 2.05) is 25.1 Å². The van der Waals surface area contributed by atoms with Gasteiger partial charge in [0, 0.05) is 13.1 Å². The number of nitrogens with zero attached hydrogens (tertiary/aromatic N) is 3. The van der Waals surface area contributed by atoms with Crippen LogP contribution in [-0.4, -0.2) is 22.4 Å². The summed E-state index contributed by atoms with van der Waals surface area (Å²) in [5.74, 6) is 0.168. The average Bonchev–Trinajstić information content (AvgIpc) is 2.46. The van der Waals surface area contributed by atoms with Gasteiger partial charge >= 0.3 is 0 Å². The van der Waals surface area contributed by atoms with Gasteiger partial charge < -0.3 is 10.6 Å². The molecule has 1 aromatic carbocycles. The summed E-state index contributed by atoms with van der Waals surface area (Å²) in [4.78, 5) is 21.3. The van der Waals surface area contributed by atoms with E-state index in [2.05, 4.69) is 27.0 Å². The lowest BCUT2D eigenvalue weighted by atomic mass is 10.2. The molecule has 0 unspecified atom stereocenters. The predicted octanol–water partition coefficient (Wildman–Crippen LogP) is 1.60. The fourth-order valence-corrected chi connectivity index (χ4v) is 1.77. The zero-order chi connectivity index (χ0) is 13.7. The SMILES string of the molecule is CCN(Cc1ccccc1)c1cnc(C(N)=O)cn1. The second kappa shape index (κ2) is 5.95. The second-order valence-electron chi connectivity index (χ2n) is 4.12. The summed E-state index contributed by atoms with van der Waals surface area (Å²) in [6, 6.07) is 10.1. The lowest BCUT2D eigenvalue weighted by molar-refractivity contribution is 0.0995. The quantitative estimate of drug-likeness (QED) is 0.882. The van der Waals surface area contributed by atoms with Crippen LogP contribution in [0.2, 0.25) is 0 Å². The number of nitrogens with two attached hydrogens (primary N) is 1. The Morgan fingerprint density at radius 2 is 1.95 bits per heavy atom. The van der Waals surface area contributed by atoms with Crippen molar-refractivity contribution in [1.82, 2.24) is 9.97 Å². The molecule has 2 N–H and O–H groups in total. The molecule has 0 saturated heterocycles. The Morgan fingerprint density at radius 3 is 2.47 bits per heavy atom. The third-order valence-electron chi connectivity index (χ3n) is 2.81. The molecule has 0 fully saturated rings. The van der Waals surface area contributed by atoms with E-state index < -0.39 is 5.91 Å². The first kappa shape index (κ1) is 13.0. The molecule has 2 rings (SSSR count). The van der Waals surface area contributed by atoms with Crippen LogP contribution in [0, 0.1) is 0 Å². The Balaban J connectivity index is 2.15. The van der Waals surface area contributed by atoms with Crippen molar-refractivity contribution in [3.05, 3.63) is 54.0 Å². The number of amides is 1. The average molecular weight is 256 g/mol. The number of hydrogen-bond acceptors (Lipinski definition) is 4. The van der Waals surface area contributed by atoms with Crippen molar-refractivity contribution in [2.75, 3.05) is 11.4 Å². The molecule has 0 spiro atoms. The van der Waals surface area contributed by atoms with Gasteiger partial charge in [0.15, 0.2) is 0 Å². The van der Waals surface area contributed by atoms with Crippen LogP contribution in [0.5, 0.6) is 0 Å². The van der Waals surface area contributed by atoms with Crippen molar-refractivity contribution in [1.29, 1.82) is 0 Å². The highest BCUT2D eigenvalue weighted by atomic mass is 16.1. The monoisotopic (exact) mass is 256 g/mol. The Morgan fingerprint density at radius 1 is 1.21 bits per heavy atom. The molecule has 0 aliphatic heterocycles. The normalized spacial score (nSPS) is 10.2. The maximum Gasteiger partial charge on any atom is 0.268 e. The maximum atomic E-state index is 10.9. The van der Waals surface area contributed by atoms with E-state index >= 15 is 0 Å². The van der Waals surface area contributed by atoms with E-state index in [0.717, 1.165) is 18.9 Å². The van der Waals surface area contributed by atoms with Crippen molar-refractivity contribution in [3.63, 3.8) is 0 Å². The first-order chi connectivity index (χ1) is 9.20. The summed E-state index contributed by atoms with van der Waals surface area (Å²) < 4.78 is 0. The predicted molar refractivity (Wildman–Crippen MR) is 73.7 cm³/mol. The molecule has 2 aromatic rings. The van der Waals surface area contributed by atoms with Gasteiger partial charge in [0.2, 0.25) is 0 Å². The number of carbonyl (C=O) groups excluding carboxylic acids is 1. The van der Waals surface area contributed by atoms with Gasteiger partial charge in [-0.15, -0.1) is 0 Å². The molecule has 1 aromatic heterocycles. The highest BCUT2D eigenvalue weighted by molar-refractivity contribution is 5.90. The van der Waals surface area contributed by atoms with Gasteiger partial charge in [-0.25, -0.2) is 9.97 Å². The summed E-state index contributed by atoms with van der Waals surface area (Å²) >= 11 is 0. The van der Waals surface area contributed by atoms with E-state index in [1.165, 1.54) is 11.8 Å². The number of hydrogen-bond donors (Lipinski definition) is 1. The van der Waals surface area contributed by atoms with Crippen LogP contribution in [0.3, 0.4) is 0 Å². The van der Waals surface area contributed by atoms with Crippen LogP contribution in [0.1, 0.15) is 23.0 Å². The van der Waals surface area contributed by atoms with E-state index in [-0.39, 0.29) is 5.69 Å². The molecule has 0 saturated carbocycles. The van der Waals surface area contributed by atoms with Crippen molar-refractivity contribution in [3.8, 4) is 0 Å². The molecule has 1 heterocycles. The molecule has 0 radical (unpaired) electrons. The Kier molecular flexibility index (Phi) is 4.07. The molecule has 0 aliphatic carbocycles. The Labute approximate surface area is 112 Å². The first-order valence-electron chi connectivity index (χ1n) is 6.11. The van der Waals surface area contributed by atoms with Crippen LogP contribution in [-0.2, 0) is 6.54 Å². The highest BCUT2D eigenvalue weighted by Gasteiger charge is 2.09. The largest absolute Gasteiger partial charge is 0.364 e. The second-order valence-corrected chi connectivity index (χ2v) is 4.12. The Bertz CT molecular complexity index is 539. The van der Waals surface area contributed by atoms with Gasteiger partial charge in [0.05, 0.1) is 12.4 Å². The fraction of sp³-hybridized carbons (Fsp3) is 0.214. The molecular formula is C14H16N4O. The number of anilines is 1. The van der Waals surface area contributed by atoms with Gasteiger partial charge in [-0.1, -0.05) is 30.3 Å². The zero-order valence-corrected chi connectivity index (χ0v) is 10.8. The van der Waals surface area contributed by atoms with Gasteiger partial charge in [0.1, 0.15) is 11.5 Å². The van der Waals surface area contributed by atoms with E-state index in [9.17, 15) is 4.79 Å². The van der Waals surface area contributed by atoms with Crippen molar-refractivity contribution in [2.45, 2.75) is 13.5 Å². The fourth-order valence-electron chi connectivity index (χ4n) is 1.77. The standard InChI is InChI=1S/C14H16N4O/c1-2-18(10-11-6-4-3-5-7-11)13-9-16-12(8-17-13)14(15)19/h3-9H,2,10H2,1H3,(H2,15,19). The summed E-state index contributed by atoms with van der Waals surface area (Å²) in [7, 11) is 0. The highest BCUT2D eigenvalue weighted by Crippen LogP contribution is 2.13. The third kappa shape index (κ3) is 3.28. The van der Waals surface area contributed by atoms with Crippen molar-refractivity contribution in [2.24, 2.45) is 5.73 Å². The topological polar surface area (TPSA) is 72.1 Å². The molecule has 19 heavy (non-hydrogen) atoms. The van der Waals surface area contributed by atoms with Crippen LogP contribution >= 0.6 is 0 Å². The van der Waals surface area contributed by atoms with Crippen LogP contribution in [0.15, 0.2) is 42.7 Å². The molecule has 0 atom stereocenters. The number of aromatic nitrogens is 2. The first-order valence-corrected chi connectivity index (χ1v) is 6.11. The molecule has 5 nitrogen and oxygen atoms in total. The third-order valence-corrected chi connectivity index (χ3v) is 2.81. The van der Waals surface area contributed by atoms with Gasteiger partial charge in [-0.3, -0.25) is 4.79 Å². The van der Waals surface area contributed by atoms with E-state index in [1.54, 1.807) is 6.20 Å². The lowest BCUT2D eigenvalue weighted by Gasteiger charge is -2.21. The van der Waals surface area contributed by atoms with E-state index in [4.69, 9.17) is 5.73 Å². The van der Waals surface area contributed by atoms with Crippen LogP contribution < -0.4 is 10.6 Å². The zero-order valence-electron chi connectivity index (χ0n) is 10.8. The minimum Gasteiger partial charge on any atom is -0.364 e. The molecule has 0 bridgehead atoms.